The third kappa shape index (κ3) is 5.23. The summed E-state index contributed by atoms with van der Waals surface area (Å²) < 4.78 is 7.38. The molecule has 1 aliphatic heterocycles. The molecule has 1 aromatic carbocycles. The lowest BCUT2D eigenvalue weighted by Crippen LogP contribution is -2.44. The van der Waals surface area contributed by atoms with E-state index in [0.29, 0.717) is 0 Å². The zero-order chi connectivity index (χ0) is 17.5. The van der Waals surface area contributed by atoms with E-state index in [1.165, 1.54) is 11.1 Å². The number of benzene rings is 1. The summed E-state index contributed by atoms with van der Waals surface area (Å²) in [5, 5.41) is 3.43. The van der Waals surface area contributed by atoms with Gasteiger partial charge in [-0.05, 0) is 29.7 Å². The highest BCUT2D eigenvalue weighted by Crippen LogP contribution is 2.25. The van der Waals surface area contributed by atoms with Gasteiger partial charge in [0.1, 0.15) is 5.75 Å². The second-order valence-electron chi connectivity index (χ2n) is 5.93. The number of methoxy groups -OCH3 is 1. The van der Waals surface area contributed by atoms with Crippen molar-refractivity contribution >= 4 is 35.5 Å². The van der Waals surface area contributed by atoms with E-state index in [1.807, 2.05) is 31.7 Å². The van der Waals surface area contributed by atoms with Crippen LogP contribution in [0, 0.1) is 0 Å². The maximum Gasteiger partial charge on any atom is 0.194 e. The molecule has 1 aliphatic rings. The maximum absolute atomic E-state index is 5.32. The summed E-state index contributed by atoms with van der Waals surface area (Å²) in [6.45, 7) is 3.51. The average Bonchev–Trinajstić information content (AvgIpc) is 3.19. The van der Waals surface area contributed by atoms with Crippen LogP contribution in [0.4, 0.5) is 0 Å². The molecule has 0 saturated heterocycles. The lowest BCUT2D eigenvalue weighted by Gasteiger charge is -2.30. The zero-order valence-electron chi connectivity index (χ0n) is 15.3. The summed E-state index contributed by atoms with van der Waals surface area (Å²) >= 11 is 0. The highest BCUT2D eigenvalue weighted by atomic mass is 127. The van der Waals surface area contributed by atoms with Crippen LogP contribution in [0.2, 0.25) is 0 Å². The van der Waals surface area contributed by atoms with E-state index in [9.17, 15) is 0 Å². The first-order valence-corrected chi connectivity index (χ1v) is 8.55. The Morgan fingerprint density at radius 3 is 2.92 bits per heavy atom. The molecule has 3 rings (SSSR count). The standard InChI is InChI=1S/C19H25N5O.HI/c1-20-19(22-9-13-23-12-8-21-15-23)24-10-6-16(7-11-24)17-4-3-5-18(14-17)25-2;/h3-6,8,12,14-15H,7,9-11,13H2,1-2H3,(H,20,22);1H. The van der Waals surface area contributed by atoms with Gasteiger partial charge >= 0.3 is 0 Å². The van der Waals surface area contributed by atoms with Gasteiger partial charge in [0.15, 0.2) is 5.96 Å². The molecule has 0 amide bonds. The molecule has 2 heterocycles. The van der Waals surface area contributed by atoms with Gasteiger partial charge in [-0.25, -0.2) is 4.98 Å². The van der Waals surface area contributed by atoms with Crippen molar-refractivity contribution in [1.29, 1.82) is 0 Å². The Hall–Kier alpha value is -2.03. The van der Waals surface area contributed by atoms with E-state index in [-0.39, 0.29) is 24.0 Å². The summed E-state index contributed by atoms with van der Waals surface area (Å²) in [5.74, 6) is 1.85. The number of rotatable bonds is 5. The van der Waals surface area contributed by atoms with E-state index >= 15 is 0 Å². The van der Waals surface area contributed by atoms with Crippen LogP contribution in [0.25, 0.3) is 5.57 Å². The van der Waals surface area contributed by atoms with E-state index in [1.54, 1.807) is 13.3 Å². The smallest absolute Gasteiger partial charge is 0.194 e. The fourth-order valence-electron chi connectivity index (χ4n) is 2.99. The van der Waals surface area contributed by atoms with Crippen LogP contribution >= 0.6 is 24.0 Å². The van der Waals surface area contributed by atoms with Gasteiger partial charge < -0.3 is 19.5 Å². The lowest BCUT2D eigenvalue weighted by atomic mass is 9.99. The highest BCUT2D eigenvalue weighted by molar-refractivity contribution is 14.0. The van der Waals surface area contributed by atoms with Crippen molar-refractivity contribution in [2.45, 2.75) is 13.0 Å². The summed E-state index contributed by atoms with van der Waals surface area (Å²) in [6, 6.07) is 8.26. The predicted octanol–water partition coefficient (Wildman–Crippen LogP) is 2.87. The molecule has 0 fully saturated rings. The monoisotopic (exact) mass is 467 g/mol. The SMILES string of the molecule is CN=C(NCCn1ccnc1)N1CC=C(c2cccc(OC)c2)CC1.I. The van der Waals surface area contributed by atoms with Crippen molar-refractivity contribution in [2.75, 3.05) is 33.8 Å². The fraction of sp³-hybridized carbons (Fsp3) is 0.368. The Bertz CT molecular complexity index is 742. The molecule has 26 heavy (non-hydrogen) atoms. The van der Waals surface area contributed by atoms with Crippen LogP contribution in [-0.2, 0) is 6.54 Å². The van der Waals surface area contributed by atoms with Crippen LogP contribution in [0.5, 0.6) is 5.75 Å². The minimum absolute atomic E-state index is 0. The number of aliphatic imine (C=N–C) groups is 1. The number of hydrogen-bond acceptors (Lipinski definition) is 3. The molecule has 0 atom stereocenters. The van der Waals surface area contributed by atoms with Crippen molar-refractivity contribution in [3.8, 4) is 5.75 Å². The van der Waals surface area contributed by atoms with Crippen molar-refractivity contribution in [2.24, 2.45) is 4.99 Å². The molecular formula is C19H26IN5O. The molecule has 6 nitrogen and oxygen atoms in total. The minimum Gasteiger partial charge on any atom is -0.497 e. The molecule has 0 unspecified atom stereocenters. The predicted molar refractivity (Wildman–Crippen MR) is 116 cm³/mol. The Balaban J connectivity index is 0.00000243. The Morgan fingerprint density at radius 1 is 1.38 bits per heavy atom. The fourth-order valence-corrected chi connectivity index (χ4v) is 2.99. The van der Waals surface area contributed by atoms with Gasteiger partial charge in [0, 0.05) is 45.6 Å². The molecule has 2 aromatic rings. The number of hydrogen-bond donors (Lipinski definition) is 1. The van der Waals surface area contributed by atoms with Crippen LogP contribution in [-0.4, -0.2) is 54.2 Å². The number of imidazole rings is 1. The Kier molecular flexibility index (Phi) is 7.96. The summed E-state index contributed by atoms with van der Waals surface area (Å²) in [5.41, 5.74) is 2.60. The molecule has 0 radical (unpaired) electrons. The van der Waals surface area contributed by atoms with Crippen LogP contribution < -0.4 is 10.1 Å². The molecule has 0 spiro atoms. The van der Waals surface area contributed by atoms with E-state index in [2.05, 4.69) is 43.0 Å². The Labute approximate surface area is 172 Å². The van der Waals surface area contributed by atoms with Gasteiger partial charge in [-0.1, -0.05) is 18.2 Å². The molecule has 0 saturated carbocycles. The summed E-state index contributed by atoms with van der Waals surface area (Å²) in [4.78, 5) is 10.7. The van der Waals surface area contributed by atoms with E-state index in [4.69, 9.17) is 4.74 Å². The zero-order valence-corrected chi connectivity index (χ0v) is 17.6. The van der Waals surface area contributed by atoms with Gasteiger partial charge in [0.05, 0.1) is 13.4 Å². The topological polar surface area (TPSA) is 54.7 Å². The van der Waals surface area contributed by atoms with E-state index in [0.717, 1.165) is 44.3 Å². The lowest BCUT2D eigenvalue weighted by molar-refractivity contribution is 0.414. The van der Waals surface area contributed by atoms with Gasteiger partial charge in [0.2, 0.25) is 0 Å². The number of halogens is 1. The number of nitrogens with one attached hydrogen (secondary N) is 1. The van der Waals surface area contributed by atoms with Crippen molar-refractivity contribution in [3.63, 3.8) is 0 Å². The van der Waals surface area contributed by atoms with Crippen LogP contribution in [0.3, 0.4) is 0 Å². The highest BCUT2D eigenvalue weighted by Gasteiger charge is 2.16. The molecule has 1 N–H and O–H groups in total. The third-order valence-electron chi connectivity index (χ3n) is 4.37. The molecule has 7 heteroatoms. The van der Waals surface area contributed by atoms with Crippen LogP contribution in [0.1, 0.15) is 12.0 Å². The second-order valence-corrected chi connectivity index (χ2v) is 5.93. The maximum atomic E-state index is 5.32. The quantitative estimate of drug-likeness (QED) is 0.418. The summed E-state index contributed by atoms with van der Waals surface area (Å²) in [7, 11) is 3.54. The second kappa shape index (κ2) is 10.2. The largest absolute Gasteiger partial charge is 0.497 e. The first kappa shape index (κ1) is 20.3. The normalized spacial score (nSPS) is 14.5. The van der Waals surface area contributed by atoms with Gasteiger partial charge in [-0.2, -0.15) is 0 Å². The Morgan fingerprint density at radius 2 is 2.27 bits per heavy atom. The molecule has 0 bridgehead atoms. The van der Waals surface area contributed by atoms with Gasteiger partial charge in [-0.15, -0.1) is 24.0 Å². The summed E-state index contributed by atoms with van der Waals surface area (Å²) in [6.07, 6.45) is 8.86. The van der Waals surface area contributed by atoms with Gasteiger partial charge in [-0.3, -0.25) is 4.99 Å². The van der Waals surface area contributed by atoms with E-state index < -0.39 is 0 Å². The molecule has 0 aliphatic carbocycles. The van der Waals surface area contributed by atoms with Crippen molar-refractivity contribution in [3.05, 3.63) is 54.6 Å². The molecule has 140 valence electrons. The number of aromatic nitrogens is 2. The third-order valence-corrected chi connectivity index (χ3v) is 4.37. The van der Waals surface area contributed by atoms with Crippen LogP contribution in [0.15, 0.2) is 54.1 Å². The number of ether oxygens (including phenoxy) is 1. The first-order chi connectivity index (χ1) is 12.3. The average molecular weight is 467 g/mol. The van der Waals surface area contributed by atoms with Crippen molar-refractivity contribution < 1.29 is 4.74 Å². The molecular weight excluding hydrogens is 441 g/mol. The number of nitrogens with zero attached hydrogens (tertiary/aromatic N) is 4. The number of guanidine groups is 1. The van der Waals surface area contributed by atoms with Crippen molar-refractivity contribution in [1.82, 2.24) is 19.8 Å². The first-order valence-electron chi connectivity index (χ1n) is 8.55. The van der Waals surface area contributed by atoms with Gasteiger partial charge in [0.25, 0.3) is 0 Å². The minimum atomic E-state index is 0. The molecule has 1 aromatic heterocycles.